The van der Waals surface area contributed by atoms with E-state index in [4.69, 9.17) is 37.9 Å². The first-order valence-electron chi connectivity index (χ1n) is 7.94. The molecule has 0 spiro atoms. The molecule has 2 atom stereocenters. The molecule has 2 aromatic carbocycles. The summed E-state index contributed by atoms with van der Waals surface area (Å²) in [6.07, 6.45) is -2.08. The van der Waals surface area contributed by atoms with Gasteiger partial charge in [-0.2, -0.15) is 5.26 Å². The van der Waals surface area contributed by atoms with Crippen LogP contribution >= 0.6 is 23.2 Å². The smallest absolute Gasteiger partial charge is 0.347 e. The fraction of sp³-hybridized carbons (Fsp3) is 0.211. The van der Waals surface area contributed by atoms with Gasteiger partial charge in [0.2, 0.25) is 0 Å². The third-order valence-electron chi connectivity index (χ3n) is 3.50. The van der Waals surface area contributed by atoms with E-state index in [1.807, 2.05) is 6.07 Å². The van der Waals surface area contributed by atoms with Gasteiger partial charge in [0.05, 0.1) is 16.3 Å². The number of benzene rings is 2. The summed E-state index contributed by atoms with van der Waals surface area (Å²) in [5.74, 6) is -1.04. The maximum atomic E-state index is 12.2. The number of ether oxygens (including phenoxy) is 2. The van der Waals surface area contributed by atoms with Gasteiger partial charge in [0.1, 0.15) is 11.8 Å². The van der Waals surface area contributed by atoms with Gasteiger partial charge in [-0.3, -0.25) is 4.79 Å². The highest BCUT2D eigenvalue weighted by molar-refractivity contribution is 6.35. The number of halogens is 2. The van der Waals surface area contributed by atoms with Crippen LogP contribution in [0.4, 0.5) is 5.69 Å². The normalized spacial score (nSPS) is 12.4. The number of hydrogen-bond donors (Lipinski definition) is 1. The van der Waals surface area contributed by atoms with Crippen molar-refractivity contribution in [1.82, 2.24) is 0 Å². The molecule has 0 aliphatic rings. The van der Waals surface area contributed by atoms with Gasteiger partial charge in [-0.15, -0.1) is 0 Å². The first-order valence-corrected chi connectivity index (χ1v) is 8.69. The van der Waals surface area contributed by atoms with E-state index in [1.54, 1.807) is 30.3 Å². The van der Waals surface area contributed by atoms with Crippen molar-refractivity contribution in [2.24, 2.45) is 0 Å². The van der Waals surface area contributed by atoms with Crippen LogP contribution in [0, 0.1) is 11.3 Å². The van der Waals surface area contributed by atoms with Gasteiger partial charge in [-0.1, -0.05) is 35.3 Å². The predicted molar refractivity (Wildman–Crippen MR) is 102 cm³/mol. The predicted octanol–water partition coefficient (Wildman–Crippen LogP) is 4.20. The molecule has 0 heterocycles. The molecule has 6 nitrogen and oxygen atoms in total. The van der Waals surface area contributed by atoms with E-state index in [-0.39, 0.29) is 10.8 Å². The molecule has 0 aliphatic carbocycles. The Kier molecular flexibility index (Phi) is 7.05. The summed E-state index contributed by atoms with van der Waals surface area (Å²) in [4.78, 5) is 24.4. The molecule has 2 aromatic rings. The molecule has 2 rings (SSSR count). The number of para-hydroxylation sites is 1. The Balaban J connectivity index is 1.95. The van der Waals surface area contributed by atoms with Gasteiger partial charge in [-0.25, -0.2) is 4.79 Å². The Hall–Kier alpha value is -2.75. The third-order valence-corrected chi connectivity index (χ3v) is 4.03. The topological polar surface area (TPSA) is 88.4 Å². The summed E-state index contributed by atoms with van der Waals surface area (Å²) in [6, 6.07) is 13.1. The Labute approximate surface area is 166 Å². The van der Waals surface area contributed by atoms with Crippen molar-refractivity contribution in [3.05, 3.63) is 58.1 Å². The number of esters is 1. The van der Waals surface area contributed by atoms with Gasteiger partial charge in [0.15, 0.2) is 12.2 Å². The number of rotatable bonds is 6. The van der Waals surface area contributed by atoms with Crippen molar-refractivity contribution in [3.63, 3.8) is 0 Å². The van der Waals surface area contributed by atoms with Crippen molar-refractivity contribution in [3.8, 4) is 11.8 Å². The van der Waals surface area contributed by atoms with Gasteiger partial charge in [-0.05, 0) is 44.2 Å². The van der Waals surface area contributed by atoms with E-state index in [2.05, 4.69) is 5.32 Å². The third kappa shape index (κ3) is 5.61. The number of hydrogen-bond acceptors (Lipinski definition) is 5. The molecule has 140 valence electrons. The van der Waals surface area contributed by atoms with Gasteiger partial charge < -0.3 is 14.8 Å². The summed E-state index contributed by atoms with van der Waals surface area (Å²) < 4.78 is 10.6. The maximum Gasteiger partial charge on any atom is 0.347 e. The molecule has 0 unspecified atom stereocenters. The number of nitriles is 1. The molecule has 0 saturated heterocycles. The average Bonchev–Trinajstić information content (AvgIpc) is 2.64. The number of nitrogens with zero attached hydrogens (tertiary/aromatic N) is 1. The van der Waals surface area contributed by atoms with Gasteiger partial charge >= 0.3 is 5.97 Å². The lowest BCUT2D eigenvalue weighted by Gasteiger charge is -2.18. The van der Waals surface area contributed by atoms with Gasteiger partial charge in [0.25, 0.3) is 5.91 Å². The summed E-state index contributed by atoms with van der Waals surface area (Å²) in [7, 11) is 0. The summed E-state index contributed by atoms with van der Waals surface area (Å²) in [5.41, 5.74) is 0.642. The van der Waals surface area contributed by atoms with E-state index in [0.29, 0.717) is 16.3 Å². The lowest BCUT2D eigenvalue weighted by Crippen LogP contribution is -2.35. The van der Waals surface area contributed by atoms with Crippen LogP contribution in [0.15, 0.2) is 42.5 Å². The number of carbonyl (C=O) groups excluding carboxylic acids is 2. The molecule has 1 N–H and O–H groups in total. The van der Waals surface area contributed by atoms with Crippen LogP contribution in [0.25, 0.3) is 0 Å². The van der Waals surface area contributed by atoms with Crippen LogP contribution in [-0.4, -0.2) is 24.1 Å². The van der Waals surface area contributed by atoms with Crippen molar-refractivity contribution < 1.29 is 19.1 Å². The molecule has 0 fully saturated rings. The monoisotopic (exact) mass is 406 g/mol. The van der Waals surface area contributed by atoms with Crippen LogP contribution in [0.3, 0.4) is 0 Å². The Morgan fingerprint density at radius 1 is 1.11 bits per heavy atom. The van der Waals surface area contributed by atoms with E-state index in [0.717, 1.165) is 0 Å². The fourth-order valence-electron chi connectivity index (χ4n) is 2.06. The molecule has 27 heavy (non-hydrogen) atoms. The summed E-state index contributed by atoms with van der Waals surface area (Å²) in [6.45, 7) is 2.90. The molecule has 0 saturated carbocycles. The number of amides is 1. The molecule has 0 radical (unpaired) electrons. The van der Waals surface area contributed by atoms with E-state index in [9.17, 15) is 9.59 Å². The molecule has 8 heteroatoms. The Bertz CT molecular complexity index is 896. The first kappa shape index (κ1) is 20.6. The van der Waals surface area contributed by atoms with Crippen LogP contribution in [-0.2, 0) is 14.3 Å². The lowest BCUT2D eigenvalue weighted by molar-refractivity contribution is -0.159. The second-order valence-electron chi connectivity index (χ2n) is 5.56. The number of carbonyl (C=O) groups is 2. The number of nitrogens with one attached hydrogen (secondary N) is 1. The zero-order chi connectivity index (χ0) is 20.0. The minimum Gasteiger partial charge on any atom is -0.477 e. The second kappa shape index (κ2) is 9.26. The molecule has 0 bridgehead atoms. The molecule has 1 amide bonds. The Morgan fingerprint density at radius 2 is 1.81 bits per heavy atom. The quantitative estimate of drug-likeness (QED) is 0.725. The highest BCUT2D eigenvalue weighted by Crippen LogP contribution is 2.28. The van der Waals surface area contributed by atoms with Crippen molar-refractivity contribution >= 4 is 40.8 Å². The van der Waals surface area contributed by atoms with Crippen LogP contribution in [0.1, 0.15) is 19.4 Å². The largest absolute Gasteiger partial charge is 0.477 e. The lowest BCUT2D eigenvalue weighted by atomic mass is 10.2. The summed E-state index contributed by atoms with van der Waals surface area (Å²) in [5, 5.41) is 12.3. The second-order valence-corrected chi connectivity index (χ2v) is 6.40. The zero-order valence-electron chi connectivity index (χ0n) is 14.5. The first-order chi connectivity index (χ1) is 12.8. The number of anilines is 1. The zero-order valence-corrected chi connectivity index (χ0v) is 16.0. The van der Waals surface area contributed by atoms with E-state index >= 15 is 0 Å². The fourth-order valence-corrected chi connectivity index (χ4v) is 2.51. The molecular formula is C19H16Cl2N2O4. The van der Waals surface area contributed by atoms with Crippen LogP contribution in [0.2, 0.25) is 10.0 Å². The van der Waals surface area contributed by atoms with Gasteiger partial charge in [0, 0.05) is 5.02 Å². The average molecular weight is 407 g/mol. The van der Waals surface area contributed by atoms with E-state index < -0.39 is 24.1 Å². The SMILES string of the molecule is C[C@@H](OC(=O)[C@@H](C)Oc1ccc(Cl)cc1Cl)C(=O)Nc1ccccc1C#N. The Morgan fingerprint density at radius 3 is 2.48 bits per heavy atom. The standard InChI is InChI=1S/C19H16Cl2N2O4/c1-11(18(24)23-16-6-4-3-5-13(16)10-22)27-19(25)12(2)26-17-8-7-14(20)9-15(17)21/h3-9,11-12H,1-2H3,(H,23,24)/t11-,12-/m1/s1. The molecular weight excluding hydrogens is 391 g/mol. The van der Waals surface area contributed by atoms with Crippen molar-refractivity contribution in [2.45, 2.75) is 26.1 Å². The van der Waals surface area contributed by atoms with Crippen molar-refractivity contribution in [1.29, 1.82) is 5.26 Å². The maximum absolute atomic E-state index is 12.2. The minimum atomic E-state index is -1.09. The van der Waals surface area contributed by atoms with Crippen LogP contribution in [0.5, 0.6) is 5.75 Å². The summed E-state index contributed by atoms with van der Waals surface area (Å²) >= 11 is 11.8. The molecule has 0 aromatic heterocycles. The van der Waals surface area contributed by atoms with E-state index in [1.165, 1.54) is 26.0 Å². The van der Waals surface area contributed by atoms with Crippen LogP contribution < -0.4 is 10.1 Å². The highest BCUT2D eigenvalue weighted by atomic mass is 35.5. The van der Waals surface area contributed by atoms with Crippen molar-refractivity contribution in [2.75, 3.05) is 5.32 Å². The highest BCUT2D eigenvalue weighted by Gasteiger charge is 2.24. The minimum absolute atomic E-state index is 0.251. The molecule has 0 aliphatic heterocycles.